The van der Waals surface area contributed by atoms with Crippen molar-refractivity contribution in [2.75, 3.05) is 20.2 Å². The first-order chi connectivity index (χ1) is 9.42. The Hall–Kier alpha value is -1.85. The number of ether oxygens (including phenoxy) is 1. The fraction of sp³-hybridized carbons (Fsp3) is 0.643. The van der Waals surface area contributed by atoms with Crippen LogP contribution < -0.4 is 0 Å². The predicted molar refractivity (Wildman–Crippen MR) is 73.5 cm³/mol. The van der Waals surface area contributed by atoms with Crippen molar-refractivity contribution < 1.29 is 18.8 Å². The van der Waals surface area contributed by atoms with Crippen LogP contribution in [0, 0.1) is 6.92 Å². The molecule has 0 radical (unpaired) electrons. The summed E-state index contributed by atoms with van der Waals surface area (Å²) in [5, 5.41) is 3.87. The Balaban J connectivity index is 2.91. The molecule has 0 saturated carbocycles. The Morgan fingerprint density at radius 1 is 1.40 bits per heavy atom. The number of amides is 1. The van der Waals surface area contributed by atoms with Gasteiger partial charge in [0.1, 0.15) is 5.56 Å². The van der Waals surface area contributed by atoms with Crippen LogP contribution in [0.4, 0.5) is 0 Å². The molecule has 1 rings (SSSR count). The van der Waals surface area contributed by atoms with Crippen LogP contribution in [-0.2, 0) is 9.53 Å². The number of esters is 1. The Morgan fingerprint density at radius 2 is 2.05 bits per heavy atom. The molecule has 112 valence electrons. The van der Waals surface area contributed by atoms with Gasteiger partial charge in [0, 0.05) is 19.0 Å². The van der Waals surface area contributed by atoms with Crippen LogP contribution in [0.1, 0.15) is 54.9 Å². The molecule has 0 N–H and O–H groups in total. The van der Waals surface area contributed by atoms with Crippen LogP contribution in [0.5, 0.6) is 0 Å². The van der Waals surface area contributed by atoms with Gasteiger partial charge in [0.05, 0.1) is 19.2 Å². The molecule has 0 unspecified atom stereocenters. The molecule has 0 aliphatic rings. The largest absolute Gasteiger partial charge is 0.469 e. The van der Waals surface area contributed by atoms with E-state index in [1.54, 1.807) is 11.8 Å². The van der Waals surface area contributed by atoms with Crippen LogP contribution in [-0.4, -0.2) is 42.1 Å². The van der Waals surface area contributed by atoms with Gasteiger partial charge in [-0.2, -0.15) is 0 Å². The number of methoxy groups -OCH3 is 1. The molecule has 1 amide bonds. The predicted octanol–water partition coefficient (Wildman–Crippen LogP) is 2.13. The van der Waals surface area contributed by atoms with Gasteiger partial charge in [0.25, 0.3) is 5.91 Å². The summed E-state index contributed by atoms with van der Waals surface area (Å²) in [7, 11) is 1.33. The second-order valence-corrected chi connectivity index (χ2v) is 4.87. The maximum Gasteiger partial charge on any atom is 0.307 e. The summed E-state index contributed by atoms with van der Waals surface area (Å²) in [5.74, 6) is 0.180. The van der Waals surface area contributed by atoms with Crippen molar-refractivity contribution in [1.82, 2.24) is 10.1 Å². The molecule has 1 aromatic heterocycles. The molecule has 0 fully saturated rings. The minimum atomic E-state index is -0.331. The van der Waals surface area contributed by atoms with E-state index < -0.39 is 0 Å². The van der Waals surface area contributed by atoms with Crippen LogP contribution in [0.3, 0.4) is 0 Å². The lowest BCUT2D eigenvalue weighted by Gasteiger charge is -2.20. The zero-order valence-corrected chi connectivity index (χ0v) is 12.7. The quantitative estimate of drug-likeness (QED) is 0.747. The van der Waals surface area contributed by atoms with Gasteiger partial charge in [-0.1, -0.05) is 19.0 Å². The van der Waals surface area contributed by atoms with E-state index in [0.29, 0.717) is 30.1 Å². The van der Waals surface area contributed by atoms with Crippen molar-refractivity contribution in [2.45, 2.75) is 40.0 Å². The van der Waals surface area contributed by atoms with E-state index >= 15 is 0 Å². The second kappa shape index (κ2) is 7.07. The average molecular weight is 282 g/mol. The number of carbonyl (C=O) groups is 2. The highest BCUT2D eigenvalue weighted by Gasteiger charge is 2.26. The molecule has 6 nitrogen and oxygen atoms in total. The van der Waals surface area contributed by atoms with Crippen molar-refractivity contribution in [1.29, 1.82) is 0 Å². The summed E-state index contributed by atoms with van der Waals surface area (Å²) in [6.07, 6.45) is 0.178. The third kappa shape index (κ3) is 3.59. The molecule has 1 heterocycles. The smallest absolute Gasteiger partial charge is 0.307 e. The maximum absolute atomic E-state index is 12.6. The van der Waals surface area contributed by atoms with E-state index in [4.69, 9.17) is 4.52 Å². The summed E-state index contributed by atoms with van der Waals surface area (Å²) in [6.45, 7) is 8.34. The molecule has 0 atom stereocenters. The number of hydrogen-bond donors (Lipinski definition) is 0. The highest BCUT2D eigenvalue weighted by Crippen LogP contribution is 2.23. The monoisotopic (exact) mass is 282 g/mol. The van der Waals surface area contributed by atoms with Gasteiger partial charge in [0.2, 0.25) is 0 Å². The number of carbonyl (C=O) groups excluding carboxylic acids is 2. The van der Waals surface area contributed by atoms with Crippen LogP contribution in [0.25, 0.3) is 0 Å². The van der Waals surface area contributed by atoms with Crippen molar-refractivity contribution >= 4 is 11.9 Å². The molecular weight excluding hydrogens is 260 g/mol. The molecule has 20 heavy (non-hydrogen) atoms. The van der Waals surface area contributed by atoms with Crippen molar-refractivity contribution in [3.05, 3.63) is 17.0 Å². The summed E-state index contributed by atoms with van der Waals surface area (Å²) in [5.41, 5.74) is 1.09. The highest BCUT2D eigenvalue weighted by molar-refractivity contribution is 5.96. The topological polar surface area (TPSA) is 72.6 Å². The zero-order chi connectivity index (χ0) is 15.3. The lowest BCUT2D eigenvalue weighted by atomic mass is 10.0. The normalized spacial score (nSPS) is 10.7. The second-order valence-electron chi connectivity index (χ2n) is 4.87. The summed E-state index contributed by atoms with van der Waals surface area (Å²) >= 11 is 0. The van der Waals surface area contributed by atoms with Gasteiger partial charge >= 0.3 is 5.97 Å². The highest BCUT2D eigenvalue weighted by atomic mass is 16.5. The van der Waals surface area contributed by atoms with Gasteiger partial charge in [-0.15, -0.1) is 0 Å². The van der Waals surface area contributed by atoms with E-state index in [2.05, 4.69) is 9.89 Å². The van der Waals surface area contributed by atoms with Gasteiger partial charge in [-0.3, -0.25) is 9.59 Å². The summed E-state index contributed by atoms with van der Waals surface area (Å²) in [6, 6.07) is 0. The Morgan fingerprint density at radius 3 is 2.55 bits per heavy atom. The molecule has 0 saturated heterocycles. The van der Waals surface area contributed by atoms with Crippen LogP contribution in [0.15, 0.2) is 4.52 Å². The first kappa shape index (κ1) is 16.2. The molecule has 6 heteroatoms. The third-order valence-electron chi connectivity index (χ3n) is 3.11. The Labute approximate surface area is 119 Å². The standard InChI is InChI=1S/C14H22N2O4/c1-6-16(8-7-11(17)19-5)14(18)12-10(4)15-20-13(12)9(2)3/h9H,6-8H2,1-5H3. The summed E-state index contributed by atoms with van der Waals surface area (Å²) < 4.78 is 9.82. The molecule has 0 aromatic carbocycles. The van der Waals surface area contributed by atoms with E-state index in [1.807, 2.05) is 20.8 Å². The van der Waals surface area contributed by atoms with Gasteiger partial charge in [-0.05, 0) is 13.8 Å². The minimum absolute atomic E-state index is 0.0782. The molecule has 0 bridgehead atoms. The number of aryl methyl sites for hydroxylation is 1. The molecule has 0 aliphatic carbocycles. The first-order valence-electron chi connectivity index (χ1n) is 6.74. The van der Waals surface area contributed by atoms with Crippen molar-refractivity contribution in [3.8, 4) is 0 Å². The minimum Gasteiger partial charge on any atom is -0.469 e. The average Bonchev–Trinajstić information content (AvgIpc) is 2.80. The van der Waals surface area contributed by atoms with Crippen molar-refractivity contribution in [3.63, 3.8) is 0 Å². The lowest BCUT2D eigenvalue weighted by molar-refractivity contribution is -0.140. The van der Waals surface area contributed by atoms with Gasteiger partial charge in [0.15, 0.2) is 5.76 Å². The molecule has 0 aliphatic heterocycles. The Bertz CT molecular complexity index is 480. The third-order valence-corrected chi connectivity index (χ3v) is 3.11. The van der Waals surface area contributed by atoms with Crippen molar-refractivity contribution in [2.24, 2.45) is 0 Å². The number of aromatic nitrogens is 1. The fourth-order valence-corrected chi connectivity index (χ4v) is 1.93. The molecule has 1 aromatic rings. The number of rotatable bonds is 6. The van der Waals surface area contributed by atoms with Crippen LogP contribution in [0.2, 0.25) is 0 Å². The summed E-state index contributed by atoms with van der Waals surface area (Å²) in [4.78, 5) is 25.3. The zero-order valence-electron chi connectivity index (χ0n) is 12.7. The fourth-order valence-electron chi connectivity index (χ4n) is 1.93. The lowest BCUT2D eigenvalue weighted by Crippen LogP contribution is -2.33. The van der Waals surface area contributed by atoms with E-state index in [9.17, 15) is 9.59 Å². The number of hydrogen-bond acceptors (Lipinski definition) is 5. The molecule has 0 spiro atoms. The van der Waals surface area contributed by atoms with E-state index in [0.717, 1.165) is 0 Å². The van der Waals surface area contributed by atoms with E-state index in [1.165, 1.54) is 7.11 Å². The van der Waals surface area contributed by atoms with Gasteiger partial charge in [-0.25, -0.2) is 0 Å². The first-order valence-corrected chi connectivity index (χ1v) is 6.74. The maximum atomic E-state index is 12.6. The van der Waals surface area contributed by atoms with Gasteiger partial charge < -0.3 is 14.2 Å². The number of nitrogens with zero attached hydrogens (tertiary/aromatic N) is 2. The SMILES string of the molecule is CCN(CCC(=O)OC)C(=O)c1c(C)noc1C(C)C. The van der Waals surface area contributed by atoms with Crippen LogP contribution >= 0.6 is 0 Å². The van der Waals surface area contributed by atoms with E-state index in [-0.39, 0.29) is 24.2 Å². The molecular formula is C14H22N2O4. The Kier molecular flexibility index (Phi) is 5.73.